The van der Waals surface area contributed by atoms with Gasteiger partial charge in [0, 0.05) is 22.8 Å². The third kappa shape index (κ3) is 1.88. The summed E-state index contributed by atoms with van der Waals surface area (Å²) < 4.78 is 5.74. The molecule has 0 amide bonds. The van der Waals surface area contributed by atoms with Crippen LogP contribution in [0.4, 0.5) is 0 Å². The molecule has 0 bridgehead atoms. The lowest BCUT2D eigenvalue weighted by Gasteiger charge is -2.18. The Labute approximate surface area is 147 Å². The van der Waals surface area contributed by atoms with E-state index in [1.165, 1.54) is 6.07 Å². The van der Waals surface area contributed by atoms with Crippen molar-refractivity contribution in [3.05, 3.63) is 82.9 Å². The van der Waals surface area contributed by atoms with Gasteiger partial charge in [-0.15, -0.1) is 0 Å². The molecule has 5 rings (SSSR count). The standard InChI is InChI=1S/C21H11NO4/c23-14-10-15-18(22-21(26-15)11-6-2-1-3-7-11)17-16(14)19(24)12-8-4-5-9-13(12)20(17)25/h1-10,23H. The number of ketones is 2. The molecule has 26 heavy (non-hydrogen) atoms. The van der Waals surface area contributed by atoms with Crippen molar-refractivity contribution < 1.29 is 19.1 Å². The van der Waals surface area contributed by atoms with Crippen LogP contribution < -0.4 is 0 Å². The van der Waals surface area contributed by atoms with Crippen molar-refractivity contribution in [2.45, 2.75) is 0 Å². The highest BCUT2D eigenvalue weighted by atomic mass is 16.3. The van der Waals surface area contributed by atoms with Crippen molar-refractivity contribution in [2.24, 2.45) is 0 Å². The molecule has 3 aromatic carbocycles. The topological polar surface area (TPSA) is 80.4 Å². The summed E-state index contributed by atoms with van der Waals surface area (Å²) in [6.45, 7) is 0. The fourth-order valence-electron chi connectivity index (χ4n) is 3.36. The average molecular weight is 341 g/mol. The van der Waals surface area contributed by atoms with Crippen LogP contribution in [-0.4, -0.2) is 21.7 Å². The van der Waals surface area contributed by atoms with E-state index in [4.69, 9.17) is 4.42 Å². The molecule has 5 nitrogen and oxygen atoms in total. The first-order chi connectivity index (χ1) is 12.6. The van der Waals surface area contributed by atoms with Gasteiger partial charge in [-0.2, -0.15) is 0 Å². The van der Waals surface area contributed by atoms with Crippen LogP contribution in [0.15, 0.2) is 65.1 Å². The summed E-state index contributed by atoms with van der Waals surface area (Å²) in [6, 6.07) is 17.2. The van der Waals surface area contributed by atoms with Crippen LogP contribution in [-0.2, 0) is 0 Å². The SMILES string of the molecule is O=C1c2ccccc2C(=O)c2c1c(O)cc1oc(-c3ccccc3)nc21. The number of carbonyl (C=O) groups is 2. The Balaban J connectivity index is 1.83. The number of oxazole rings is 1. The van der Waals surface area contributed by atoms with Crippen LogP contribution in [0.5, 0.6) is 5.75 Å². The third-order valence-electron chi connectivity index (χ3n) is 4.56. The molecule has 1 aliphatic carbocycles. The first kappa shape index (κ1) is 14.6. The van der Waals surface area contributed by atoms with E-state index in [0.29, 0.717) is 11.5 Å². The molecule has 0 saturated heterocycles. The molecule has 1 aromatic heterocycles. The zero-order valence-electron chi connectivity index (χ0n) is 13.4. The summed E-state index contributed by atoms with van der Waals surface area (Å²) in [5, 5.41) is 10.4. The van der Waals surface area contributed by atoms with E-state index in [2.05, 4.69) is 4.98 Å². The highest BCUT2D eigenvalue weighted by molar-refractivity contribution is 6.32. The summed E-state index contributed by atoms with van der Waals surface area (Å²) >= 11 is 0. The van der Waals surface area contributed by atoms with E-state index >= 15 is 0 Å². The lowest BCUT2D eigenvalue weighted by atomic mass is 9.83. The van der Waals surface area contributed by atoms with Gasteiger partial charge < -0.3 is 9.52 Å². The summed E-state index contributed by atoms with van der Waals surface area (Å²) in [5.41, 5.74) is 1.95. The lowest BCUT2D eigenvalue weighted by molar-refractivity contribution is 0.0978. The van der Waals surface area contributed by atoms with E-state index in [1.807, 2.05) is 30.3 Å². The van der Waals surface area contributed by atoms with Gasteiger partial charge in [0.05, 0.1) is 11.1 Å². The van der Waals surface area contributed by atoms with Crippen molar-refractivity contribution in [3.8, 4) is 17.2 Å². The van der Waals surface area contributed by atoms with Gasteiger partial charge in [-0.3, -0.25) is 9.59 Å². The molecule has 0 fully saturated rings. The Morgan fingerprint density at radius 2 is 1.42 bits per heavy atom. The Morgan fingerprint density at radius 3 is 2.12 bits per heavy atom. The molecular weight excluding hydrogens is 330 g/mol. The average Bonchev–Trinajstić information content (AvgIpc) is 3.09. The molecular formula is C21H11NO4. The summed E-state index contributed by atoms with van der Waals surface area (Å²) in [7, 11) is 0. The summed E-state index contributed by atoms with van der Waals surface area (Å²) in [5.74, 6) is -0.688. The van der Waals surface area contributed by atoms with Gasteiger partial charge in [0.2, 0.25) is 5.89 Å². The van der Waals surface area contributed by atoms with Crippen LogP contribution >= 0.6 is 0 Å². The number of benzene rings is 3. The van der Waals surface area contributed by atoms with E-state index in [1.54, 1.807) is 24.3 Å². The number of hydrogen-bond donors (Lipinski definition) is 1. The fraction of sp³-hybridized carbons (Fsp3) is 0. The van der Waals surface area contributed by atoms with Crippen molar-refractivity contribution in [2.75, 3.05) is 0 Å². The molecule has 0 aliphatic heterocycles. The van der Waals surface area contributed by atoms with Gasteiger partial charge in [-0.05, 0) is 12.1 Å². The smallest absolute Gasteiger partial charge is 0.227 e. The van der Waals surface area contributed by atoms with Gasteiger partial charge in [-0.1, -0.05) is 42.5 Å². The number of nitrogens with zero attached hydrogens (tertiary/aromatic N) is 1. The number of aromatic hydroxyl groups is 1. The molecule has 1 aliphatic rings. The van der Waals surface area contributed by atoms with Crippen LogP contribution in [0, 0.1) is 0 Å². The van der Waals surface area contributed by atoms with E-state index < -0.39 is 0 Å². The van der Waals surface area contributed by atoms with Gasteiger partial charge in [0.1, 0.15) is 11.3 Å². The molecule has 1 N–H and O–H groups in total. The molecule has 0 atom stereocenters. The predicted molar refractivity (Wildman–Crippen MR) is 94.4 cm³/mol. The minimum absolute atomic E-state index is 0.0193. The maximum absolute atomic E-state index is 13.0. The second kappa shape index (κ2) is 5.13. The number of fused-ring (bicyclic) bond motifs is 4. The highest BCUT2D eigenvalue weighted by Gasteiger charge is 2.35. The number of phenols is 1. The second-order valence-corrected chi connectivity index (χ2v) is 6.08. The third-order valence-corrected chi connectivity index (χ3v) is 4.56. The van der Waals surface area contributed by atoms with Gasteiger partial charge in [-0.25, -0.2) is 4.98 Å². The molecule has 0 spiro atoms. The van der Waals surface area contributed by atoms with Crippen molar-refractivity contribution >= 4 is 22.7 Å². The summed E-state index contributed by atoms with van der Waals surface area (Å²) in [4.78, 5) is 30.3. The van der Waals surface area contributed by atoms with Gasteiger partial charge >= 0.3 is 0 Å². The monoisotopic (exact) mass is 341 g/mol. The van der Waals surface area contributed by atoms with Gasteiger partial charge in [0.25, 0.3) is 0 Å². The first-order valence-electron chi connectivity index (χ1n) is 8.05. The maximum Gasteiger partial charge on any atom is 0.227 e. The normalized spacial score (nSPS) is 12.9. The van der Waals surface area contributed by atoms with Crippen LogP contribution in [0.3, 0.4) is 0 Å². The second-order valence-electron chi connectivity index (χ2n) is 6.08. The Kier molecular flexibility index (Phi) is 2.88. The predicted octanol–water partition coefficient (Wildman–Crippen LogP) is 3.98. The molecule has 0 unspecified atom stereocenters. The fourth-order valence-corrected chi connectivity index (χ4v) is 3.36. The molecule has 0 radical (unpaired) electrons. The van der Waals surface area contributed by atoms with Crippen molar-refractivity contribution in [3.63, 3.8) is 0 Å². The molecule has 4 aromatic rings. The minimum Gasteiger partial charge on any atom is -0.507 e. The van der Waals surface area contributed by atoms with E-state index in [0.717, 1.165) is 5.56 Å². The van der Waals surface area contributed by atoms with Crippen molar-refractivity contribution in [1.82, 2.24) is 4.98 Å². The van der Waals surface area contributed by atoms with Crippen LogP contribution in [0.1, 0.15) is 31.8 Å². The zero-order chi connectivity index (χ0) is 17.8. The van der Waals surface area contributed by atoms with E-state index in [-0.39, 0.29) is 45.1 Å². The number of hydrogen-bond acceptors (Lipinski definition) is 5. The molecule has 5 heteroatoms. The van der Waals surface area contributed by atoms with Crippen LogP contribution in [0.25, 0.3) is 22.6 Å². The Hall–Kier alpha value is -3.73. The molecule has 124 valence electrons. The van der Waals surface area contributed by atoms with Crippen LogP contribution in [0.2, 0.25) is 0 Å². The quantitative estimate of drug-likeness (QED) is 0.499. The minimum atomic E-state index is -0.390. The number of phenolic OH excluding ortho intramolecular Hbond substituents is 1. The maximum atomic E-state index is 13.0. The zero-order valence-corrected chi connectivity index (χ0v) is 13.4. The lowest BCUT2D eigenvalue weighted by Crippen LogP contribution is -2.21. The Morgan fingerprint density at radius 1 is 0.808 bits per heavy atom. The highest BCUT2D eigenvalue weighted by Crippen LogP contribution is 2.39. The van der Waals surface area contributed by atoms with E-state index in [9.17, 15) is 14.7 Å². The Bertz CT molecular complexity index is 1220. The first-order valence-corrected chi connectivity index (χ1v) is 8.05. The number of aromatic nitrogens is 1. The molecule has 0 saturated carbocycles. The van der Waals surface area contributed by atoms with Gasteiger partial charge in [0.15, 0.2) is 17.1 Å². The number of carbonyl (C=O) groups excluding carboxylic acids is 2. The largest absolute Gasteiger partial charge is 0.507 e. The molecule has 1 heterocycles. The summed E-state index contributed by atoms with van der Waals surface area (Å²) in [6.07, 6.45) is 0. The number of rotatable bonds is 1. The van der Waals surface area contributed by atoms with Crippen molar-refractivity contribution in [1.29, 1.82) is 0 Å².